The summed E-state index contributed by atoms with van der Waals surface area (Å²) in [5, 5.41) is 2.99. The molecule has 1 saturated heterocycles. The molecule has 0 saturated carbocycles. The van der Waals surface area contributed by atoms with Crippen molar-refractivity contribution < 1.29 is 14.3 Å². The van der Waals surface area contributed by atoms with Crippen molar-refractivity contribution in [1.82, 2.24) is 15.1 Å². The SMILES string of the molecule is COCCC[C@H]1CCCN(C(=O)NCc2ccc(C(=O)N(C)C)cc2)C1. The van der Waals surface area contributed by atoms with Crippen LogP contribution in [0.15, 0.2) is 24.3 Å². The van der Waals surface area contributed by atoms with Crippen molar-refractivity contribution in [1.29, 1.82) is 0 Å². The Kier molecular flexibility index (Phi) is 7.91. The molecule has 144 valence electrons. The smallest absolute Gasteiger partial charge is 0.317 e. The van der Waals surface area contributed by atoms with Crippen LogP contribution in [0.4, 0.5) is 4.79 Å². The van der Waals surface area contributed by atoms with Crippen molar-refractivity contribution in [2.75, 3.05) is 40.9 Å². The molecule has 0 bridgehead atoms. The molecular formula is C20H31N3O3. The number of ether oxygens (including phenoxy) is 1. The summed E-state index contributed by atoms with van der Waals surface area (Å²) in [4.78, 5) is 27.8. The Labute approximate surface area is 156 Å². The number of hydrogen-bond acceptors (Lipinski definition) is 3. The second-order valence-corrected chi connectivity index (χ2v) is 7.14. The van der Waals surface area contributed by atoms with Crippen LogP contribution in [0.5, 0.6) is 0 Å². The number of benzene rings is 1. The first kappa shape index (κ1) is 20.2. The Morgan fingerprint density at radius 1 is 1.27 bits per heavy atom. The minimum absolute atomic E-state index is 0.00474. The van der Waals surface area contributed by atoms with Gasteiger partial charge in [-0.15, -0.1) is 0 Å². The quantitative estimate of drug-likeness (QED) is 0.760. The van der Waals surface area contributed by atoms with Crippen molar-refractivity contribution in [2.24, 2.45) is 5.92 Å². The number of methoxy groups -OCH3 is 1. The highest BCUT2D eigenvalue weighted by atomic mass is 16.5. The fourth-order valence-electron chi connectivity index (χ4n) is 3.31. The van der Waals surface area contributed by atoms with Crippen LogP contribution in [-0.2, 0) is 11.3 Å². The van der Waals surface area contributed by atoms with E-state index in [9.17, 15) is 9.59 Å². The Morgan fingerprint density at radius 3 is 2.65 bits per heavy atom. The maximum atomic E-state index is 12.4. The normalized spacial score (nSPS) is 17.0. The molecular weight excluding hydrogens is 330 g/mol. The number of hydrogen-bond donors (Lipinski definition) is 1. The van der Waals surface area contributed by atoms with Gasteiger partial charge in [-0.05, 0) is 49.3 Å². The molecule has 3 amide bonds. The standard InChI is InChI=1S/C20H31N3O3/c1-22(2)19(24)18-10-8-16(9-11-18)14-21-20(25)23-12-4-6-17(15-23)7-5-13-26-3/h8-11,17H,4-7,12-15H2,1-3H3,(H,21,25)/t17-/m1/s1. The first-order valence-corrected chi connectivity index (χ1v) is 9.33. The summed E-state index contributed by atoms with van der Waals surface area (Å²) in [6.45, 7) is 2.91. The third-order valence-corrected chi connectivity index (χ3v) is 4.82. The van der Waals surface area contributed by atoms with Gasteiger partial charge in [-0.1, -0.05) is 12.1 Å². The third kappa shape index (κ3) is 6.02. The van der Waals surface area contributed by atoms with Crippen LogP contribution in [0.3, 0.4) is 0 Å². The average Bonchev–Trinajstić information content (AvgIpc) is 2.66. The number of amides is 3. The topological polar surface area (TPSA) is 61.9 Å². The molecule has 0 unspecified atom stereocenters. The lowest BCUT2D eigenvalue weighted by Crippen LogP contribution is -2.45. The monoisotopic (exact) mass is 361 g/mol. The van der Waals surface area contributed by atoms with Crippen LogP contribution >= 0.6 is 0 Å². The fraction of sp³-hybridized carbons (Fsp3) is 0.600. The zero-order valence-corrected chi connectivity index (χ0v) is 16.2. The van der Waals surface area contributed by atoms with Crippen molar-refractivity contribution >= 4 is 11.9 Å². The second kappa shape index (κ2) is 10.2. The highest BCUT2D eigenvalue weighted by molar-refractivity contribution is 5.93. The molecule has 1 fully saturated rings. The lowest BCUT2D eigenvalue weighted by Gasteiger charge is -2.32. The molecule has 2 rings (SSSR count). The predicted molar refractivity (Wildman–Crippen MR) is 102 cm³/mol. The summed E-state index contributed by atoms with van der Waals surface area (Å²) in [6.07, 6.45) is 4.41. The summed E-state index contributed by atoms with van der Waals surface area (Å²) in [6, 6.07) is 7.38. The van der Waals surface area contributed by atoms with Gasteiger partial charge < -0.3 is 19.9 Å². The van der Waals surface area contributed by atoms with Crippen LogP contribution in [-0.4, -0.2) is 62.6 Å². The van der Waals surface area contributed by atoms with E-state index in [1.54, 1.807) is 38.2 Å². The number of likely N-dealkylation sites (tertiary alicyclic amines) is 1. The summed E-state index contributed by atoms with van der Waals surface area (Å²) >= 11 is 0. The lowest BCUT2D eigenvalue weighted by atomic mass is 9.94. The molecule has 0 aromatic heterocycles. The van der Waals surface area contributed by atoms with Gasteiger partial charge in [0.2, 0.25) is 0 Å². The second-order valence-electron chi connectivity index (χ2n) is 7.14. The zero-order valence-electron chi connectivity index (χ0n) is 16.2. The molecule has 0 radical (unpaired) electrons. The Hall–Kier alpha value is -2.08. The van der Waals surface area contributed by atoms with Gasteiger partial charge in [-0.25, -0.2) is 4.79 Å². The van der Waals surface area contributed by atoms with Gasteiger partial charge in [0.1, 0.15) is 0 Å². The highest BCUT2D eigenvalue weighted by Crippen LogP contribution is 2.21. The van der Waals surface area contributed by atoms with Gasteiger partial charge in [0.05, 0.1) is 0 Å². The van der Waals surface area contributed by atoms with Crippen LogP contribution in [0.2, 0.25) is 0 Å². The van der Waals surface area contributed by atoms with Gasteiger partial charge in [-0.2, -0.15) is 0 Å². The molecule has 1 aromatic rings. The van der Waals surface area contributed by atoms with E-state index in [1.165, 1.54) is 6.42 Å². The minimum atomic E-state index is -0.0200. The number of nitrogens with zero attached hydrogens (tertiary/aromatic N) is 2. The van der Waals surface area contributed by atoms with E-state index in [4.69, 9.17) is 4.74 Å². The number of rotatable bonds is 7. The predicted octanol–water partition coefficient (Wildman–Crippen LogP) is 2.74. The van der Waals surface area contributed by atoms with Crippen molar-refractivity contribution in [3.63, 3.8) is 0 Å². The Morgan fingerprint density at radius 2 is 2.00 bits per heavy atom. The van der Waals surface area contributed by atoms with E-state index >= 15 is 0 Å². The molecule has 1 N–H and O–H groups in total. The summed E-state index contributed by atoms with van der Waals surface area (Å²) in [5.74, 6) is 0.550. The van der Waals surface area contributed by atoms with E-state index in [0.717, 1.165) is 44.5 Å². The first-order valence-electron chi connectivity index (χ1n) is 9.33. The van der Waals surface area contributed by atoms with E-state index < -0.39 is 0 Å². The van der Waals surface area contributed by atoms with E-state index in [-0.39, 0.29) is 11.9 Å². The van der Waals surface area contributed by atoms with Crippen LogP contribution in [0.1, 0.15) is 41.6 Å². The minimum Gasteiger partial charge on any atom is -0.385 e. The number of carbonyl (C=O) groups is 2. The molecule has 1 aliphatic rings. The van der Waals surface area contributed by atoms with E-state index in [1.807, 2.05) is 17.0 Å². The molecule has 6 heteroatoms. The Balaban J connectivity index is 1.79. The van der Waals surface area contributed by atoms with Gasteiger partial charge in [0, 0.05) is 53.0 Å². The summed E-state index contributed by atoms with van der Waals surface area (Å²) in [7, 11) is 5.19. The van der Waals surface area contributed by atoms with Crippen LogP contribution < -0.4 is 5.32 Å². The Bertz CT molecular complexity index is 586. The molecule has 0 aliphatic carbocycles. The number of nitrogens with one attached hydrogen (secondary N) is 1. The lowest BCUT2D eigenvalue weighted by molar-refractivity contribution is 0.0827. The summed E-state index contributed by atoms with van der Waals surface area (Å²) < 4.78 is 5.11. The molecule has 1 heterocycles. The van der Waals surface area contributed by atoms with Gasteiger partial charge >= 0.3 is 6.03 Å². The highest BCUT2D eigenvalue weighted by Gasteiger charge is 2.23. The van der Waals surface area contributed by atoms with Gasteiger partial charge in [-0.3, -0.25) is 4.79 Å². The molecule has 1 atom stereocenters. The first-order chi connectivity index (χ1) is 12.5. The molecule has 6 nitrogen and oxygen atoms in total. The fourth-order valence-corrected chi connectivity index (χ4v) is 3.31. The average molecular weight is 361 g/mol. The number of piperidine rings is 1. The van der Waals surface area contributed by atoms with Crippen LogP contribution in [0.25, 0.3) is 0 Å². The number of urea groups is 1. The zero-order chi connectivity index (χ0) is 18.9. The van der Waals surface area contributed by atoms with E-state index in [2.05, 4.69) is 5.32 Å². The maximum Gasteiger partial charge on any atom is 0.317 e. The van der Waals surface area contributed by atoms with Crippen LogP contribution in [0, 0.1) is 5.92 Å². The van der Waals surface area contributed by atoms with Crippen molar-refractivity contribution in [3.05, 3.63) is 35.4 Å². The van der Waals surface area contributed by atoms with Gasteiger partial charge in [0.25, 0.3) is 5.91 Å². The van der Waals surface area contributed by atoms with Crippen molar-refractivity contribution in [2.45, 2.75) is 32.2 Å². The third-order valence-electron chi connectivity index (χ3n) is 4.82. The van der Waals surface area contributed by atoms with E-state index in [0.29, 0.717) is 18.0 Å². The molecule has 1 aromatic carbocycles. The molecule has 1 aliphatic heterocycles. The molecule has 0 spiro atoms. The largest absolute Gasteiger partial charge is 0.385 e. The van der Waals surface area contributed by atoms with Gasteiger partial charge in [0.15, 0.2) is 0 Å². The van der Waals surface area contributed by atoms with Crippen molar-refractivity contribution in [3.8, 4) is 0 Å². The molecule has 26 heavy (non-hydrogen) atoms. The number of carbonyl (C=O) groups excluding carboxylic acids is 2. The summed E-state index contributed by atoms with van der Waals surface area (Å²) in [5.41, 5.74) is 1.64. The maximum absolute atomic E-state index is 12.4.